The monoisotopic (exact) mass is 272 g/mol. The van der Waals surface area contributed by atoms with Gasteiger partial charge in [0, 0.05) is 15.6 Å². The zero-order chi connectivity index (χ0) is 8.81. The SMILES string of the molecule is OCCC#Cc1ccc(I)cc1. The van der Waals surface area contributed by atoms with Gasteiger partial charge in [-0.2, -0.15) is 0 Å². The summed E-state index contributed by atoms with van der Waals surface area (Å²) in [5.41, 5.74) is 1.00. The van der Waals surface area contributed by atoms with E-state index >= 15 is 0 Å². The average Bonchev–Trinajstić information content (AvgIpc) is 2.09. The summed E-state index contributed by atoms with van der Waals surface area (Å²) in [6.07, 6.45) is 0.548. The van der Waals surface area contributed by atoms with Gasteiger partial charge in [-0.15, -0.1) is 0 Å². The first-order chi connectivity index (χ1) is 5.83. The first-order valence-electron chi connectivity index (χ1n) is 3.68. The molecule has 0 bridgehead atoms. The van der Waals surface area contributed by atoms with Crippen molar-refractivity contribution in [2.45, 2.75) is 6.42 Å². The van der Waals surface area contributed by atoms with Gasteiger partial charge in [0.2, 0.25) is 0 Å². The molecule has 62 valence electrons. The molecule has 12 heavy (non-hydrogen) atoms. The van der Waals surface area contributed by atoms with Gasteiger partial charge in [-0.25, -0.2) is 0 Å². The Bertz CT molecular complexity index is 292. The molecule has 1 rings (SSSR count). The summed E-state index contributed by atoms with van der Waals surface area (Å²) < 4.78 is 1.21. The molecule has 0 saturated heterocycles. The number of aliphatic hydroxyl groups is 1. The third kappa shape index (κ3) is 3.24. The molecular weight excluding hydrogens is 263 g/mol. The lowest BCUT2D eigenvalue weighted by molar-refractivity contribution is 0.305. The Morgan fingerprint density at radius 2 is 1.92 bits per heavy atom. The van der Waals surface area contributed by atoms with Gasteiger partial charge in [-0.3, -0.25) is 0 Å². The molecule has 1 aromatic rings. The summed E-state index contributed by atoms with van der Waals surface area (Å²) in [4.78, 5) is 0. The highest BCUT2D eigenvalue weighted by Gasteiger charge is 1.85. The van der Waals surface area contributed by atoms with E-state index in [2.05, 4.69) is 34.4 Å². The van der Waals surface area contributed by atoms with Crippen LogP contribution >= 0.6 is 22.6 Å². The zero-order valence-corrected chi connectivity index (χ0v) is 8.71. The predicted molar refractivity (Wildman–Crippen MR) is 57.7 cm³/mol. The van der Waals surface area contributed by atoms with Gasteiger partial charge in [0.25, 0.3) is 0 Å². The van der Waals surface area contributed by atoms with Crippen LogP contribution in [0.25, 0.3) is 0 Å². The van der Waals surface area contributed by atoms with Crippen LogP contribution in [0.15, 0.2) is 24.3 Å². The minimum Gasteiger partial charge on any atom is -0.395 e. The highest BCUT2D eigenvalue weighted by molar-refractivity contribution is 14.1. The van der Waals surface area contributed by atoms with E-state index in [9.17, 15) is 0 Å². The molecule has 0 spiro atoms. The highest BCUT2D eigenvalue weighted by Crippen LogP contribution is 2.05. The number of rotatable bonds is 1. The van der Waals surface area contributed by atoms with Crippen LogP contribution in [-0.4, -0.2) is 11.7 Å². The Balaban J connectivity index is 2.66. The summed E-state index contributed by atoms with van der Waals surface area (Å²) in [5, 5.41) is 8.48. The van der Waals surface area contributed by atoms with Crippen LogP contribution in [0.1, 0.15) is 12.0 Å². The molecule has 0 heterocycles. The standard InChI is InChI=1S/C10H9IO/c11-10-6-4-9(5-7-10)3-1-2-8-12/h4-7,12H,2,8H2. The van der Waals surface area contributed by atoms with Gasteiger partial charge in [0.05, 0.1) is 6.61 Å². The summed E-state index contributed by atoms with van der Waals surface area (Å²) in [5.74, 6) is 5.83. The Morgan fingerprint density at radius 1 is 1.25 bits per heavy atom. The summed E-state index contributed by atoms with van der Waals surface area (Å²) in [6.45, 7) is 0.136. The number of hydrogen-bond donors (Lipinski definition) is 1. The molecule has 0 aromatic heterocycles. The van der Waals surface area contributed by atoms with E-state index in [1.165, 1.54) is 3.57 Å². The van der Waals surface area contributed by atoms with Gasteiger partial charge < -0.3 is 5.11 Å². The molecule has 0 aliphatic heterocycles. The molecular formula is C10H9IO. The zero-order valence-electron chi connectivity index (χ0n) is 6.55. The number of halogens is 1. The van der Waals surface area contributed by atoms with Crippen molar-refractivity contribution in [3.8, 4) is 11.8 Å². The number of hydrogen-bond acceptors (Lipinski definition) is 1. The first kappa shape index (κ1) is 9.56. The molecule has 0 saturated carbocycles. The van der Waals surface area contributed by atoms with E-state index in [4.69, 9.17) is 5.11 Å². The van der Waals surface area contributed by atoms with Gasteiger partial charge >= 0.3 is 0 Å². The van der Waals surface area contributed by atoms with E-state index in [1.807, 2.05) is 24.3 Å². The Labute approximate surface area is 85.9 Å². The molecule has 0 atom stereocenters. The van der Waals surface area contributed by atoms with Crippen molar-refractivity contribution in [3.05, 3.63) is 33.4 Å². The molecule has 0 radical (unpaired) electrons. The lowest BCUT2D eigenvalue weighted by atomic mass is 10.2. The van der Waals surface area contributed by atoms with E-state index in [0.29, 0.717) is 6.42 Å². The van der Waals surface area contributed by atoms with Crippen molar-refractivity contribution < 1.29 is 5.11 Å². The van der Waals surface area contributed by atoms with Crippen LogP contribution in [0.3, 0.4) is 0 Å². The second-order valence-corrected chi connectivity index (χ2v) is 3.53. The van der Waals surface area contributed by atoms with Crippen molar-refractivity contribution in [1.82, 2.24) is 0 Å². The Morgan fingerprint density at radius 3 is 2.50 bits per heavy atom. The second kappa shape index (κ2) is 5.18. The van der Waals surface area contributed by atoms with Crippen molar-refractivity contribution in [2.24, 2.45) is 0 Å². The summed E-state index contributed by atoms with van der Waals surface area (Å²) in [7, 11) is 0. The fourth-order valence-electron chi connectivity index (χ4n) is 0.754. The predicted octanol–water partition coefficient (Wildman–Crippen LogP) is 2.03. The molecule has 0 aliphatic rings. The number of aliphatic hydroxyl groups excluding tert-OH is 1. The van der Waals surface area contributed by atoms with Crippen LogP contribution < -0.4 is 0 Å². The van der Waals surface area contributed by atoms with E-state index in [1.54, 1.807) is 0 Å². The number of benzene rings is 1. The molecule has 0 fully saturated rings. The van der Waals surface area contributed by atoms with Gasteiger partial charge in [-0.1, -0.05) is 11.8 Å². The molecule has 0 amide bonds. The van der Waals surface area contributed by atoms with Crippen LogP contribution in [0.2, 0.25) is 0 Å². The second-order valence-electron chi connectivity index (χ2n) is 2.28. The minimum atomic E-state index is 0.136. The summed E-state index contributed by atoms with van der Waals surface area (Å²) in [6, 6.07) is 7.99. The topological polar surface area (TPSA) is 20.2 Å². The Kier molecular flexibility index (Phi) is 4.12. The van der Waals surface area contributed by atoms with Crippen molar-refractivity contribution in [1.29, 1.82) is 0 Å². The van der Waals surface area contributed by atoms with Crippen LogP contribution in [-0.2, 0) is 0 Å². The molecule has 0 unspecified atom stereocenters. The van der Waals surface area contributed by atoms with E-state index in [-0.39, 0.29) is 6.61 Å². The average molecular weight is 272 g/mol. The molecule has 2 heteroatoms. The third-order valence-corrected chi connectivity index (χ3v) is 2.03. The lowest BCUT2D eigenvalue weighted by Crippen LogP contribution is -1.78. The lowest BCUT2D eigenvalue weighted by Gasteiger charge is -1.89. The fraction of sp³-hybridized carbons (Fsp3) is 0.200. The van der Waals surface area contributed by atoms with Crippen molar-refractivity contribution in [3.63, 3.8) is 0 Å². The maximum Gasteiger partial charge on any atom is 0.0540 e. The minimum absolute atomic E-state index is 0.136. The first-order valence-corrected chi connectivity index (χ1v) is 4.76. The van der Waals surface area contributed by atoms with Gasteiger partial charge in [0.1, 0.15) is 0 Å². The largest absolute Gasteiger partial charge is 0.395 e. The van der Waals surface area contributed by atoms with Gasteiger partial charge in [-0.05, 0) is 46.9 Å². The van der Waals surface area contributed by atoms with Crippen molar-refractivity contribution in [2.75, 3.05) is 6.61 Å². The van der Waals surface area contributed by atoms with Crippen LogP contribution in [0.4, 0.5) is 0 Å². The molecule has 1 nitrogen and oxygen atoms in total. The quantitative estimate of drug-likeness (QED) is 0.612. The van der Waals surface area contributed by atoms with Crippen LogP contribution in [0, 0.1) is 15.4 Å². The maximum atomic E-state index is 8.48. The smallest absolute Gasteiger partial charge is 0.0540 e. The molecule has 0 aliphatic carbocycles. The van der Waals surface area contributed by atoms with Crippen molar-refractivity contribution >= 4 is 22.6 Å². The van der Waals surface area contributed by atoms with Crippen LogP contribution in [0.5, 0.6) is 0 Å². The third-order valence-electron chi connectivity index (χ3n) is 1.31. The molecule has 1 N–H and O–H groups in total. The Hall–Kier alpha value is -0.530. The van der Waals surface area contributed by atoms with E-state index < -0.39 is 0 Å². The fourth-order valence-corrected chi connectivity index (χ4v) is 1.11. The maximum absolute atomic E-state index is 8.48. The normalized spacial score (nSPS) is 8.83. The highest BCUT2D eigenvalue weighted by atomic mass is 127. The van der Waals surface area contributed by atoms with E-state index in [0.717, 1.165) is 5.56 Å². The molecule has 1 aromatic carbocycles. The van der Waals surface area contributed by atoms with Gasteiger partial charge in [0.15, 0.2) is 0 Å². The summed E-state index contributed by atoms with van der Waals surface area (Å²) >= 11 is 2.25.